The van der Waals surface area contributed by atoms with E-state index in [1.807, 2.05) is 13.8 Å². The molecule has 0 spiro atoms. The van der Waals surface area contributed by atoms with Crippen LogP contribution in [0.25, 0.3) is 0 Å². The number of nitro groups is 1. The fourth-order valence-electron chi connectivity index (χ4n) is 2.01. The van der Waals surface area contributed by atoms with E-state index in [4.69, 9.17) is 5.11 Å². The van der Waals surface area contributed by atoms with Crippen LogP contribution in [0.2, 0.25) is 0 Å². The SMILES string of the molecule is CCCn1nc(C)c([N+](=O)[O-])c1NC(C)CCCO. The molecule has 0 aliphatic heterocycles. The molecule has 1 unspecified atom stereocenters. The Balaban J connectivity index is 2.97. The third-order valence-corrected chi connectivity index (χ3v) is 2.89. The molecular weight excluding hydrogens is 248 g/mol. The first-order valence-corrected chi connectivity index (χ1v) is 6.60. The van der Waals surface area contributed by atoms with Gasteiger partial charge in [-0.05, 0) is 33.1 Å². The van der Waals surface area contributed by atoms with Gasteiger partial charge in [0.15, 0.2) is 0 Å². The van der Waals surface area contributed by atoms with E-state index in [1.54, 1.807) is 11.6 Å². The van der Waals surface area contributed by atoms with Gasteiger partial charge in [-0.15, -0.1) is 0 Å². The van der Waals surface area contributed by atoms with Crippen LogP contribution in [-0.2, 0) is 6.54 Å². The van der Waals surface area contributed by atoms with E-state index in [0.717, 1.165) is 12.8 Å². The molecule has 19 heavy (non-hydrogen) atoms. The van der Waals surface area contributed by atoms with Gasteiger partial charge in [-0.3, -0.25) is 10.1 Å². The monoisotopic (exact) mass is 270 g/mol. The molecule has 0 radical (unpaired) electrons. The number of anilines is 1. The van der Waals surface area contributed by atoms with Crippen molar-refractivity contribution in [2.75, 3.05) is 11.9 Å². The molecule has 1 atom stereocenters. The average molecular weight is 270 g/mol. The summed E-state index contributed by atoms with van der Waals surface area (Å²) in [5.41, 5.74) is 0.472. The third-order valence-electron chi connectivity index (χ3n) is 2.89. The van der Waals surface area contributed by atoms with Crippen molar-refractivity contribution in [1.29, 1.82) is 0 Å². The summed E-state index contributed by atoms with van der Waals surface area (Å²) in [6.07, 6.45) is 2.28. The minimum absolute atomic E-state index is 0.0456. The summed E-state index contributed by atoms with van der Waals surface area (Å²) in [4.78, 5) is 10.7. The lowest BCUT2D eigenvalue weighted by Crippen LogP contribution is -2.19. The number of nitrogens with zero attached hydrogens (tertiary/aromatic N) is 3. The summed E-state index contributed by atoms with van der Waals surface area (Å²) in [5.74, 6) is 0.467. The third kappa shape index (κ3) is 3.92. The van der Waals surface area contributed by atoms with Gasteiger partial charge in [0.2, 0.25) is 5.82 Å². The Morgan fingerprint density at radius 1 is 1.58 bits per heavy atom. The van der Waals surface area contributed by atoms with Gasteiger partial charge in [-0.25, -0.2) is 4.68 Å². The molecule has 7 heteroatoms. The van der Waals surface area contributed by atoms with Gasteiger partial charge in [-0.1, -0.05) is 6.92 Å². The number of rotatable bonds is 8. The van der Waals surface area contributed by atoms with Gasteiger partial charge in [0.05, 0.1) is 4.92 Å². The summed E-state index contributed by atoms with van der Waals surface area (Å²) in [6, 6.07) is 0.0533. The van der Waals surface area contributed by atoms with Crippen LogP contribution in [-0.4, -0.2) is 32.5 Å². The molecule has 1 aromatic rings. The van der Waals surface area contributed by atoms with Gasteiger partial charge in [0.25, 0.3) is 0 Å². The van der Waals surface area contributed by atoms with Crippen molar-refractivity contribution in [2.24, 2.45) is 0 Å². The zero-order chi connectivity index (χ0) is 14.4. The molecule has 0 saturated heterocycles. The number of aliphatic hydroxyl groups is 1. The van der Waals surface area contributed by atoms with Crippen molar-refractivity contribution < 1.29 is 10.0 Å². The highest BCUT2D eigenvalue weighted by atomic mass is 16.6. The molecule has 0 fully saturated rings. The fraction of sp³-hybridized carbons (Fsp3) is 0.750. The van der Waals surface area contributed by atoms with Crippen molar-refractivity contribution in [3.8, 4) is 0 Å². The maximum Gasteiger partial charge on any atom is 0.333 e. The predicted molar refractivity (Wildman–Crippen MR) is 73.3 cm³/mol. The molecular formula is C12H22N4O3. The van der Waals surface area contributed by atoms with Crippen LogP contribution in [0.5, 0.6) is 0 Å². The van der Waals surface area contributed by atoms with Gasteiger partial charge in [0, 0.05) is 19.2 Å². The van der Waals surface area contributed by atoms with Gasteiger partial charge >= 0.3 is 5.69 Å². The van der Waals surface area contributed by atoms with E-state index in [1.165, 1.54) is 0 Å². The number of aromatic nitrogens is 2. The highest BCUT2D eigenvalue weighted by molar-refractivity contribution is 5.59. The van der Waals surface area contributed by atoms with Gasteiger partial charge < -0.3 is 10.4 Å². The molecule has 1 rings (SSSR count). The van der Waals surface area contributed by atoms with Gasteiger partial charge in [0.1, 0.15) is 5.69 Å². The molecule has 2 N–H and O–H groups in total. The van der Waals surface area contributed by atoms with Crippen LogP contribution in [0.4, 0.5) is 11.5 Å². The number of aryl methyl sites for hydroxylation is 2. The average Bonchev–Trinajstić information content (AvgIpc) is 2.63. The van der Waals surface area contributed by atoms with Crippen LogP contribution in [0, 0.1) is 17.0 Å². The van der Waals surface area contributed by atoms with E-state index < -0.39 is 4.92 Å². The van der Waals surface area contributed by atoms with E-state index in [0.29, 0.717) is 24.5 Å². The molecule has 0 aliphatic carbocycles. The molecule has 1 aromatic heterocycles. The summed E-state index contributed by atoms with van der Waals surface area (Å²) in [5, 5.41) is 27.3. The molecule has 0 aromatic carbocycles. The Labute approximate surface area is 112 Å². The Morgan fingerprint density at radius 2 is 2.26 bits per heavy atom. The van der Waals surface area contributed by atoms with Crippen LogP contribution in [0.3, 0.4) is 0 Å². The maximum absolute atomic E-state index is 11.1. The first kappa shape index (κ1) is 15.4. The number of hydrogen-bond acceptors (Lipinski definition) is 5. The second kappa shape index (κ2) is 7.08. The van der Waals surface area contributed by atoms with Crippen LogP contribution >= 0.6 is 0 Å². The summed E-state index contributed by atoms with van der Waals surface area (Å²) >= 11 is 0. The molecule has 0 saturated carbocycles. The van der Waals surface area contributed by atoms with Crippen molar-refractivity contribution in [3.63, 3.8) is 0 Å². The smallest absolute Gasteiger partial charge is 0.333 e. The zero-order valence-corrected chi connectivity index (χ0v) is 11.7. The topological polar surface area (TPSA) is 93.2 Å². The van der Waals surface area contributed by atoms with Crippen LogP contribution in [0.1, 0.15) is 38.8 Å². The van der Waals surface area contributed by atoms with Crippen molar-refractivity contribution in [1.82, 2.24) is 9.78 Å². The Morgan fingerprint density at radius 3 is 2.79 bits per heavy atom. The lowest BCUT2D eigenvalue weighted by Gasteiger charge is -2.15. The Kier molecular flexibility index (Phi) is 5.75. The number of aliphatic hydroxyl groups excluding tert-OH is 1. The standard InChI is InChI=1S/C12H22N4O3/c1-4-7-15-12(13-9(2)6-5-8-17)11(16(18)19)10(3)14-15/h9,13,17H,4-8H2,1-3H3. The first-order chi connectivity index (χ1) is 9.01. The van der Waals surface area contributed by atoms with Gasteiger partial charge in [-0.2, -0.15) is 5.10 Å². The molecule has 0 aliphatic rings. The maximum atomic E-state index is 11.1. The molecule has 0 bridgehead atoms. The van der Waals surface area contributed by atoms with E-state index >= 15 is 0 Å². The normalized spacial score (nSPS) is 12.4. The quantitative estimate of drug-likeness (QED) is 0.557. The highest BCUT2D eigenvalue weighted by Gasteiger charge is 2.25. The van der Waals surface area contributed by atoms with Crippen molar-refractivity contribution in [2.45, 2.75) is 52.6 Å². The van der Waals surface area contributed by atoms with Crippen LogP contribution in [0.15, 0.2) is 0 Å². The summed E-state index contributed by atoms with van der Waals surface area (Å²) in [7, 11) is 0. The Hall–Kier alpha value is -1.63. The summed E-state index contributed by atoms with van der Waals surface area (Å²) < 4.78 is 1.66. The molecule has 1 heterocycles. The minimum Gasteiger partial charge on any atom is -0.396 e. The summed E-state index contributed by atoms with van der Waals surface area (Å²) in [6.45, 7) is 6.36. The lowest BCUT2D eigenvalue weighted by molar-refractivity contribution is -0.384. The van der Waals surface area contributed by atoms with E-state index in [9.17, 15) is 10.1 Å². The second-order valence-corrected chi connectivity index (χ2v) is 4.67. The Bertz CT molecular complexity index is 431. The highest BCUT2D eigenvalue weighted by Crippen LogP contribution is 2.29. The molecule has 7 nitrogen and oxygen atoms in total. The number of hydrogen-bond donors (Lipinski definition) is 2. The number of nitrogens with one attached hydrogen (secondary N) is 1. The first-order valence-electron chi connectivity index (χ1n) is 6.60. The molecule has 108 valence electrons. The minimum atomic E-state index is -0.393. The van der Waals surface area contributed by atoms with E-state index in [-0.39, 0.29) is 18.3 Å². The van der Waals surface area contributed by atoms with Crippen molar-refractivity contribution >= 4 is 11.5 Å². The largest absolute Gasteiger partial charge is 0.396 e. The lowest BCUT2D eigenvalue weighted by atomic mass is 10.2. The second-order valence-electron chi connectivity index (χ2n) is 4.67. The van der Waals surface area contributed by atoms with Crippen molar-refractivity contribution in [3.05, 3.63) is 15.8 Å². The van der Waals surface area contributed by atoms with Crippen LogP contribution < -0.4 is 5.32 Å². The fourth-order valence-corrected chi connectivity index (χ4v) is 2.01. The molecule has 0 amide bonds. The van der Waals surface area contributed by atoms with E-state index in [2.05, 4.69) is 10.4 Å². The zero-order valence-electron chi connectivity index (χ0n) is 11.7. The predicted octanol–water partition coefficient (Wildman–Crippen LogP) is 2.08.